The first-order chi connectivity index (χ1) is 13.2. The molecule has 0 aromatic heterocycles. The van der Waals surface area contributed by atoms with Crippen LogP contribution in [0.3, 0.4) is 0 Å². The van der Waals surface area contributed by atoms with E-state index in [0.717, 1.165) is 55.4 Å². The fourth-order valence-corrected chi connectivity index (χ4v) is 4.28. The van der Waals surface area contributed by atoms with Gasteiger partial charge in [0.1, 0.15) is 0 Å². The van der Waals surface area contributed by atoms with E-state index in [1.54, 1.807) is 6.20 Å². The Bertz CT molecular complexity index is 830. The second-order valence-corrected chi connectivity index (χ2v) is 7.63. The monoisotopic (exact) mass is 362 g/mol. The predicted molar refractivity (Wildman–Crippen MR) is 108 cm³/mol. The Morgan fingerprint density at radius 1 is 1.07 bits per heavy atom. The maximum Gasteiger partial charge on any atom is 0.315 e. The van der Waals surface area contributed by atoms with Gasteiger partial charge in [0.05, 0.1) is 17.6 Å². The Labute approximate surface area is 160 Å². The molecular formula is C22H26N4O. The minimum absolute atomic E-state index is 0.0218. The highest BCUT2D eigenvalue weighted by molar-refractivity contribution is 6.25. The third-order valence-electron chi connectivity index (χ3n) is 5.75. The highest BCUT2D eigenvalue weighted by Gasteiger charge is 2.24. The lowest BCUT2D eigenvalue weighted by Gasteiger charge is -2.19. The van der Waals surface area contributed by atoms with E-state index in [1.807, 2.05) is 18.2 Å². The zero-order valence-corrected chi connectivity index (χ0v) is 15.6. The third kappa shape index (κ3) is 4.04. The van der Waals surface area contributed by atoms with E-state index in [-0.39, 0.29) is 12.1 Å². The van der Waals surface area contributed by atoms with Crippen LogP contribution >= 0.6 is 0 Å². The zero-order chi connectivity index (χ0) is 18.6. The first kappa shape index (κ1) is 17.7. The van der Waals surface area contributed by atoms with E-state index < -0.39 is 0 Å². The van der Waals surface area contributed by atoms with E-state index in [1.165, 1.54) is 18.4 Å². The SMILES string of the molecule is N=C1C=CC2=C1C=C=CN=C2C1=CCCC(NC(=O)NC2CCCC2)CC1. The summed E-state index contributed by atoms with van der Waals surface area (Å²) in [7, 11) is 0. The van der Waals surface area contributed by atoms with Crippen molar-refractivity contribution in [2.24, 2.45) is 4.99 Å². The molecule has 5 nitrogen and oxygen atoms in total. The van der Waals surface area contributed by atoms with Crippen LogP contribution in [0.2, 0.25) is 0 Å². The summed E-state index contributed by atoms with van der Waals surface area (Å²) in [6.07, 6.45) is 17.9. The molecule has 3 aliphatic carbocycles. The average molecular weight is 362 g/mol. The van der Waals surface area contributed by atoms with Crippen molar-refractivity contribution < 1.29 is 4.79 Å². The molecule has 140 valence electrons. The van der Waals surface area contributed by atoms with Crippen molar-refractivity contribution in [2.75, 3.05) is 0 Å². The maximum atomic E-state index is 12.3. The van der Waals surface area contributed by atoms with E-state index >= 15 is 0 Å². The number of nitrogens with one attached hydrogen (secondary N) is 3. The zero-order valence-electron chi connectivity index (χ0n) is 15.6. The second-order valence-electron chi connectivity index (χ2n) is 7.63. The summed E-state index contributed by atoms with van der Waals surface area (Å²) in [4.78, 5) is 16.9. The molecular weight excluding hydrogens is 336 g/mol. The summed E-state index contributed by atoms with van der Waals surface area (Å²) in [6.45, 7) is 0. The predicted octanol–water partition coefficient (Wildman–Crippen LogP) is 4.11. The van der Waals surface area contributed by atoms with Crippen molar-refractivity contribution >= 4 is 17.5 Å². The molecule has 27 heavy (non-hydrogen) atoms. The van der Waals surface area contributed by atoms with E-state index in [9.17, 15) is 4.79 Å². The number of allylic oxidation sites excluding steroid dienone is 7. The van der Waals surface area contributed by atoms with Crippen molar-refractivity contribution in [1.82, 2.24) is 10.6 Å². The molecule has 1 fully saturated rings. The Morgan fingerprint density at radius 2 is 1.85 bits per heavy atom. The van der Waals surface area contributed by atoms with Crippen LogP contribution < -0.4 is 10.6 Å². The van der Waals surface area contributed by atoms with Gasteiger partial charge in [-0.15, -0.1) is 5.73 Å². The number of nitrogens with zero attached hydrogens (tertiary/aromatic N) is 1. The van der Waals surface area contributed by atoms with E-state index in [2.05, 4.69) is 27.4 Å². The van der Waals surface area contributed by atoms with Crippen molar-refractivity contribution in [1.29, 1.82) is 5.41 Å². The number of carbonyl (C=O) groups excluding carboxylic acids is 1. The molecule has 1 atom stereocenters. The van der Waals surface area contributed by atoms with E-state index in [0.29, 0.717) is 11.8 Å². The molecule has 4 rings (SSSR count). The van der Waals surface area contributed by atoms with Gasteiger partial charge in [0.2, 0.25) is 0 Å². The molecule has 4 aliphatic rings. The summed E-state index contributed by atoms with van der Waals surface area (Å²) >= 11 is 0. The van der Waals surface area contributed by atoms with Gasteiger partial charge in [0, 0.05) is 23.2 Å². The summed E-state index contributed by atoms with van der Waals surface area (Å²) in [6, 6.07) is 0.511. The Kier molecular flexibility index (Phi) is 5.21. The number of hydrogen-bond acceptors (Lipinski definition) is 3. The van der Waals surface area contributed by atoms with Crippen LogP contribution in [0.1, 0.15) is 51.4 Å². The summed E-state index contributed by atoms with van der Waals surface area (Å²) in [5.74, 6) is 0. The summed E-state index contributed by atoms with van der Waals surface area (Å²) in [5.41, 5.74) is 7.59. The minimum Gasteiger partial charge on any atom is -0.335 e. The number of rotatable bonds is 3. The van der Waals surface area contributed by atoms with Crippen LogP contribution in [-0.2, 0) is 0 Å². The normalized spacial score (nSPS) is 25.0. The van der Waals surface area contributed by atoms with Gasteiger partial charge in [0.15, 0.2) is 0 Å². The first-order valence-corrected chi connectivity index (χ1v) is 9.97. The highest BCUT2D eigenvalue weighted by atomic mass is 16.2. The van der Waals surface area contributed by atoms with Gasteiger partial charge in [0.25, 0.3) is 0 Å². The van der Waals surface area contributed by atoms with Crippen molar-refractivity contribution in [3.8, 4) is 0 Å². The number of hydrogen-bond donors (Lipinski definition) is 3. The van der Waals surface area contributed by atoms with Crippen LogP contribution in [0.5, 0.6) is 0 Å². The Hall–Kier alpha value is -2.65. The summed E-state index contributed by atoms with van der Waals surface area (Å²) < 4.78 is 0. The largest absolute Gasteiger partial charge is 0.335 e. The lowest BCUT2D eigenvalue weighted by Crippen LogP contribution is -2.45. The second kappa shape index (κ2) is 7.93. The van der Waals surface area contributed by atoms with Crippen LogP contribution in [0.25, 0.3) is 0 Å². The third-order valence-corrected chi connectivity index (χ3v) is 5.75. The quantitative estimate of drug-likeness (QED) is 0.649. The number of urea groups is 1. The highest BCUT2D eigenvalue weighted by Crippen LogP contribution is 2.28. The van der Waals surface area contributed by atoms with Gasteiger partial charge < -0.3 is 16.0 Å². The van der Waals surface area contributed by atoms with Gasteiger partial charge in [-0.3, -0.25) is 0 Å². The fourth-order valence-electron chi connectivity index (χ4n) is 4.28. The van der Waals surface area contributed by atoms with Gasteiger partial charge in [-0.1, -0.05) is 18.9 Å². The molecule has 5 heteroatoms. The molecule has 0 spiro atoms. The molecule has 0 aromatic rings. The number of carbonyl (C=O) groups is 1. The standard InChI is InChI=1S/C22H26N4O/c23-20-13-12-19-18(20)9-4-14-24-21(19)15-5-3-8-17(11-10-15)26-22(27)25-16-6-1-2-7-16/h5,9,12-14,16-17,23H,1-3,6-8,10-11H2,(H2,25,26,27). The van der Waals surface area contributed by atoms with Gasteiger partial charge in [-0.25, -0.2) is 9.79 Å². The van der Waals surface area contributed by atoms with Crippen LogP contribution in [0.15, 0.2) is 57.9 Å². The molecule has 1 saturated carbocycles. The lowest BCUT2D eigenvalue weighted by atomic mass is 9.96. The van der Waals surface area contributed by atoms with Gasteiger partial charge >= 0.3 is 6.03 Å². The average Bonchev–Trinajstić information content (AvgIpc) is 3.14. The van der Waals surface area contributed by atoms with E-state index in [4.69, 9.17) is 5.41 Å². The minimum atomic E-state index is -0.0218. The molecule has 0 radical (unpaired) electrons. The molecule has 1 unspecified atom stereocenters. The van der Waals surface area contributed by atoms with Crippen LogP contribution in [0, 0.1) is 5.41 Å². The number of amides is 2. The molecule has 0 aromatic carbocycles. The maximum absolute atomic E-state index is 12.3. The van der Waals surface area contributed by atoms with Crippen molar-refractivity contribution in [3.63, 3.8) is 0 Å². The van der Waals surface area contributed by atoms with Gasteiger partial charge in [-0.05, 0) is 62.3 Å². The van der Waals surface area contributed by atoms with Crippen molar-refractivity contribution in [3.05, 3.63) is 53.0 Å². The Morgan fingerprint density at radius 3 is 2.67 bits per heavy atom. The molecule has 0 saturated heterocycles. The fraction of sp³-hybridized carbons (Fsp3) is 0.455. The first-order valence-electron chi connectivity index (χ1n) is 9.97. The van der Waals surface area contributed by atoms with Crippen LogP contribution in [-0.4, -0.2) is 29.5 Å². The number of aliphatic imine (C=N–C) groups is 1. The molecule has 3 N–H and O–H groups in total. The summed E-state index contributed by atoms with van der Waals surface area (Å²) in [5, 5.41) is 14.3. The topological polar surface area (TPSA) is 77.3 Å². The molecule has 1 aliphatic heterocycles. The molecule has 2 amide bonds. The molecule has 1 heterocycles. The van der Waals surface area contributed by atoms with Crippen LogP contribution in [0.4, 0.5) is 4.79 Å². The lowest BCUT2D eigenvalue weighted by molar-refractivity contribution is 0.232. The Balaban J connectivity index is 1.38. The van der Waals surface area contributed by atoms with Crippen molar-refractivity contribution in [2.45, 2.75) is 63.5 Å². The smallest absolute Gasteiger partial charge is 0.315 e. The molecule has 0 bridgehead atoms. The van der Waals surface area contributed by atoms with Gasteiger partial charge in [-0.2, -0.15) is 0 Å².